The second-order valence-corrected chi connectivity index (χ2v) is 5.96. The summed E-state index contributed by atoms with van der Waals surface area (Å²) in [4.78, 5) is 36.9. The molecule has 2 fully saturated rings. The Bertz CT molecular complexity index is 441. The van der Waals surface area contributed by atoms with Gasteiger partial charge in [-0.2, -0.15) is 0 Å². The van der Waals surface area contributed by atoms with Gasteiger partial charge in [0.2, 0.25) is 5.91 Å². The highest BCUT2D eigenvalue weighted by Crippen LogP contribution is 2.42. The van der Waals surface area contributed by atoms with Crippen LogP contribution in [0.3, 0.4) is 0 Å². The maximum atomic E-state index is 12.7. The fraction of sp³-hybridized carbons (Fsp3) is 0.769. The monoisotopic (exact) mass is 282 g/mol. The first-order valence-corrected chi connectivity index (χ1v) is 6.99. The summed E-state index contributed by atoms with van der Waals surface area (Å²) in [6, 6.07) is -1.51. The summed E-state index contributed by atoms with van der Waals surface area (Å²) in [6.45, 7) is 3.79. The predicted molar refractivity (Wildman–Crippen MR) is 72.3 cm³/mol. The molecule has 0 aromatic carbocycles. The number of nitrogens with one attached hydrogen (secondary N) is 1. The van der Waals surface area contributed by atoms with Gasteiger partial charge in [0, 0.05) is 0 Å². The average Bonchev–Trinajstić information content (AvgIpc) is 2.62. The standard InChI is InChI=1S/C13H22N4O3/c1-7-4-3-5-8(2)13(7)11(19)17(12(20)16-13)6-9(14)10(15)18/h7-9H,3-6,14H2,1-2H3,(H2,15,18)(H,16,20). The van der Waals surface area contributed by atoms with Crippen molar-refractivity contribution in [3.63, 3.8) is 0 Å². The first-order chi connectivity index (χ1) is 9.30. The molecule has 7 heteroatoms. The average molecular weight is 282 g/mol. The Kier molecular flexibility index (Phi) is 3.73. The molecular formula is C13H22N4O3. The summed E-state index contributed by atoms with van der Waals surface area (Å²) in [5.74, 6) is -0.870. The van der Waals surface area contributed by atoms with Crippen LogP contribution in [-0.2, 0) is 9.59 Å². The lowest BCUT2D eigenvalue weighted by Gasteiger charge is -2.42. The van der Waals surface area contributed by atoms with Crippen molar-refractivity contribution in [2.24, 2.45) is 23.3 Å². The zero-order valence-electron chi connectivity index (χ0n) is 11.9. The van der Waals surface area contributed by atoms with Gasteiger partial charge >= 0.3 is 6.03 Å². The molecule has 4 amide bonds. The smallest absolute Gasteiger partial charge is 0.325 e. The highest BCUT2D eigenvalue weighted by atomic mass is 16.2. The molecule has 2 rings (SSSR count). The molecule has 1 saturated carbocycles. The van der Waals surface area contributed by atoms with Gasteiger partial charge in [-0.25, -0.2) is 4.79 Å². The van der Waals surface area contributed by atoms with E-state index in [1.54, 1.807) is 0 Å². The molecule has 112 valence electrons. The number of rotatable bonds is 3. The summed E-state index contributed by atoms with van der Waals surface area (Å²) in [6.07, 6.45) is 2.84. The lowest BCUT2D eigenvalue weighted by atomic mass is 9.67. The number of nitrogens with zero attached hydrogens (tertiary/aromatic N) is 1. The summed E-state index contributed by atoms with van der Waals surface area (Å²) in [5, 5.41) is 2.84. The SMILES string of the molecule is CC1CCCC(C)C12NC(=O)N(CC(N)C(N)=O)C2=O. The van der Waals surface area contributed by atoms with Gasteiger partial charge in [-0.15, -0.1) is 0 Å². The summed E-state index contributed by atoms with van der Waals surface area (Å²) >= 11 is 0. The molecule has 7 nitrogen and oxygen atoms in total. The van der Waals surface area contributed by atoms with Crippen molar-refractivity contribution in [2.75, 3.05) is 6.54 Å². The van der Waals surface area contributed by atoms with E-state index >= 15 is 0 Å². The van der Waals surface area contributed by atoms with Crippen molar-refractivity contribution in [2.45, 2.75) is 44.7 Å². The predicted octanol–water partition coefficient (Wildman–Crippen LogP) is -0.454. The molecule has 0 aromatic heterocycles. The third kappa shape index (κ3) is 2.06. The molecule has 1 aliphatic carbocycles. The topological polar surface area (TPSA) is 119 Å². The molecule has 20 heavy (non-hydrogen) atoms. The van der Waals surface area contributed by atoms with Gasteiger partial charge in [0.05, 0.1) is 6.54 Å². The number of hydrogen-bond acceptors (Lipinski definition) is 4. The lowest BCUT2D eigenvalue weighted by molar-refractivity contribution is -0.136. The molecule has 3 atom stereocenters. The summed E-state index contributed by atoms with van der Waals surface area (Å²) in [7, 11) is 0. The molecule has 0 bridgehead atoms. The third-order valence-electron chi connectivity index (χ3n) is 4.73. The zero-order chi connectivity index (χ0) is 15.1. The van der Waals surface area contributed by atoms with Crippen LogP contribution in [-0.4, -0.2) is 40.9 Å². The molecule has 1 saturated heterocycles. The minimum absolute atomic E-state index is 0.0671. The Labute approximate surface area is 118 Å². The first-order valence-electron chi connectivity index (χ1n) is 6.99. The fourth-order valence-electron chi connectivity index (χ4n) is 3.41. The van der Waals surface area contributed by atoms with Crippen molar-refractivity contribution in [1.29, 1.82) is 0 Å². The third-order valence-corrected chi connectivity index (χ3v) is 4.73. The van der Waals surface area contributed by atoms with E-state index in [1.807, 2.05) is 13.8 Å². The van der Waals surface area contributed by atoms with Crippen molar-refractivity contribution < 1.29 is 14.4 Å². The number of amides is 4. The van der Waals surface area contributed by atoms with Crippen LogP contribution in [0.15, 0.2) is 0 Å². The lowest BCUT2D eigenvalue weighted by Crippen LogP contribution is -2.59. The van der Waals surface area contributed by atoms with Gasteiger partial charge < -0.3 is 16.8 Å². The summed E-state index contributed by atoms with van der Waals surface area (Å²) in [5.41, 5.74) is 9.80. The van der Waals surface area contributed by atoms with Crippen molar-refractivity contribution in [1.82, 2.24) is 10.2 Å². The molecule has 1 aliphatic heterocycles. The van der Waals surface area contributed by atoms with Crippen LogP contribution < -0.4 is 16.8 Å². The second-order valence-electron chi connectivity index (χ2n) is 5.96. The number of imide groups is 1. The van der Waals surface area contributed by atoms with Crippen LogP contribution in [0.25, 0.3) is 0 Å². The molecule has 3 unspecified atom stereocenters. The minimum Gasteiger partial charge on any atom is -0.368 e. The molecule has 5 N–H and O–H groups in total. The number of carbonyl (C=O) groups excluding carboxylic acids is 3. The van der Waals surface area contributed by atoms with Gasteiger partial charge in [-0.1, -0.05) is 20.3 Å². The molecular weight excluding hydrogens is 260 g/mol. The Balaban J connectivity index is 2.25. The Morgan fingerprint density at radius 2 is 1.95 bits per heavy atom. The fourth-order valence-corrected chi connectivity index (χ4v) is 3.41. The zero-order valence-corrected chi connectivity index (χ0v) is 11.9. The first kappa shape index (κ1) is 14.8. The van der Waals surface area contributed by atoms with Crippen LogP contribution in [0.5, 0.6) is 0 Å². The summed E-state index contributed by atoms with van der Waals surface area (Å²) < 4.78 is 0. The number of hydrogen-bond donors (Lipinski definition) is 3. The number of primary amides is 1. The minimum atomic E-state index is -1.03. The molecule has 1 heterocycles. The van der Waals surface area contributed by atoms with E-state index in [1.165, 1.54) is 0 Å². The quantitative estimate of drug-likeness (QED) is 0.607. The van der Waals surface area contributed by atoms with E-state index in [4.69, 9.17) is 11.5 Å². The van der Waals surface area contributed by atoms with Crippen molar-refractivity contribution in [3.05, 3.63) is 0 Å². The number of nitrogens with two attached hydrogens (primary N) is 2. The molecule has 0 radical (unpaired) electrons. The molecule has 0 aromatic rings. The van der Waals surface area contributed by atoms with Crippen LogP contribution in [0.1, 0.15) is 33.1 Å². The van der Waals surface area contributed by atoms with Gasteiger partial charge in [0.15, 0.2) is 0 Å². The Morgan fingerprint density at radius 1 is 1.40 bits per heavy atom. The largest absolute Gasteiger partial charge is 0.368 e. The highest BCUT2D eigenvalue weighted by molar-refractivity contribution is 6.07. The molecule has 2 aliphatic rings. The molecule has 1 spiro atoms. The maximum Gasteiger partial charge on any atom is 0.325 e. The van der Waals surface area contributed by atoms with E-state index in [9.17, 15) is 14.4 Å². The number of carbonyl (C=O) groups is 3. The highest BCUT2D eigenvalue weighted by Gasteiger charge is 2.58. The van der Waals surface area contributed by atoms with Crippen molar-refractivity contribution in [3.8, 4) is 0 Å². The van der Waals surface area contributed by atoms with Crippen LogP contribution >= 0.6 is 0 Å². The van der Waals surface area contributed by atoms with Gasteiger partial charge in [0.25, 0.3) is 5.91 Å². The second kappa shape index (κ2) is 5.05. The van der Waals surface area contributed by atoms with E-state index in [2.05, 4.69) is 5.32 Å². The maximum absolute atomic E-state index is 12.7. The van der Waals surface area contributed by atoms with Crippen molar-refractivity contribution >= 4 is 17.8 Å². The van der Waals surface area contributed by atoms with E-state index < -0.39 is 23.5 Å². The van der Waals surface area contributed by atoms with E-state index in [-0.39, 0.29) is 24.3 Å². The number of urea groups is 1. The normalized spacial score (nSPS) is 35.2. The van der Waals surface area contributed by atoms with Crippen LogP contribution in [0, 0.1) is 11.8 Å². The van der Waals surface area contributed by atoms with Gasteiger partial charge in [-0.05, 0) is 24.7 Å². The Hall–Kier alpha value is -1.63. The Morgan fingerprint density at radius 3 is 2.45 bits per heavy atom. The van der Waals surface area contributed by atoms with E-state index in [0.717, 1.165) is 24.2 Å². The van der Waals surface area contributed by atoms with E-state index in [0.29, 0.717) is 0 Å². The van der Waals surface area contributed by atoms with Gasteiger partial charge in [-0.3, -0.25) is 14.5 Å². The van der Waals surface area contributed by atoms with Gasteiger partial charge in [0.1, 0.15) is 11.6 Å². The van der Waals surface area contributed by atoms with Crippen LogP contribution in [0.2, 0.25) is 0 Å². The van der Waals surface area contributed by atoms with Crippen LogP contribution in [0.4, 0.5) is 4.79 Å².